The van der Waals surface area contributed by atoms with E-state index in [1.54, 1.807) is 24.3 Å². The van der Waals surface area contributed by atoms with Gasteiger partial charge in [0, 0.05) is 18.5 Å². The van der Waals surface area contributed by atoms with Crippen LogP contribution in [0.15, 0.2) is 35.9 Å². The summed E-state index contributed by atoms with van der Waals surface area (Å²) in [6.45, 7) is 3.63. The molecular weight excluding hydrogens is 656 g/mol. The number of alkyl halides is 3. The Bertz CT molecular complexity index is 1070. The maximum absolute atomic E-state index is 13.8. The van der Waals surface area contributed by atoms with E-state index >= 15 is 0 Å². The minimum Gasteiger partial charge on any atom is -0.482 e. The predicted octanol–water partition coefficient (Wildman–Crippen LogP) is 4.08. The first-order chi connectivity index (χ1) is 19.3. The molecule has 3 N–H and O–H groups in total. The molecule has 3 rings (SSSR count). The van der Waals surface area contributed by atoms with Crippen LogP contribution in [-0.2, 0) is 14.3 Å². The minimum atomic E-state index is -4.76. The first-order valence-electron chi connectivity index (χ1n) is 14.0. The largest absolute Gasteiger partial charge is 0.482 e. The average molecular weight is 697 g/mol. The summed E-state index contributed by atoms with van der Waals surface area (Å²) in [7, 11) is 0. The van der Waals surface area contributed by atoms with Gasteiger partial charge in [-0.1, -0.05) is 39.3 Å². The predicted molar refractivity (Wildman–Crippen MR) is 155 cm³/mol. The molecule has 8 nitrogen and oxygen atoms in total. The summed E-state index contributed by atoms with van der Waals surface area (Å²) in [6.07, 6.45) is -4.12. The van der Waals surface area contributed by atoms with Crippen LogP contribution in [0.5, 0.6) is 5.75 Å². The fourth-order valence-corrected chi connectivity index (χ4v) is 6.13. The quantitative estimate of drug-likeness (QED) is 0.302. The molecule has 12 heteroatoms. The number of nitrogens with one attached hydrogen (secondary N) is 1. The summed E-state index contributed by atoms with van der Waals surface area (Å²) in [5.74, 6) is -0.326. The molecule has 0 spiro atoms. The number of ether oxygens (including phenoxy) is 2. The van der Waals surface area contributed by atoms with Gasteiger partial charge in [0.15, 0.2) is 0 Å². The molecule has 230 valence electrons. The van der Waals surface area contributed by atoms with Gasteiger partial charge in [-0.2, -0.15) is 13.2 Å². The van der Waals surface area contributed by atoms with Gasteiger partial charge in [0.05, 0.1) is 22.3 Å². The van der Waals surface area contributed by atoms with E-state index in [9.17, 15) is 27.9 Å². The zero-order valence-electron chi connectivity index (χ0n) is 23.6. The lowest BCUT2D eigenvalue weighted by Gasteiger charge is -2.41. The van der Waals surface area contributed by atoms with Crippen LogP contribution in [0.3, 0.4) is 0 Å². The Morgan fingerprint density at radius 3 is 2.56 bits per heavy atom. The first-order valence-corrected chi connectivity index (χ1v) is 15.0. The summed E-state index contributed by atoms with van der Waals surface area (Å²) in [6, 6.07) is 5.47. The third kappa shape index (κ3) is 9.55. The lowest BCUT2D eigenvalue weighted by atomic mass is 9.75. The number of carbonyl (C=O) groups excluding carboxylic acids is 2. The summed E-state index contributed by atoms with van der Waals surface area (Å²) >= 11 is 2.02. The van der Waals surface area contributed by atoms with Crippen LogP contribution in [0.25, 0.3) is 0 Å². The van der Waals surface area contributed by atoms with Crippen molar-refractivity contribution in [2.75, 3.05) is 26.3 Å². The van der Waals surface area contributed by atoms with Crippen LogP contribution in [-0.4, -0.2) is 83.8 Å². The molecule has 1 fully saturated rings. The normalized spacial score (nSPS) is 26.8. The Morgan fingerprint density at radius 1 is 1.22 bits per heavy atom. The number of aliphatic hydroxyl groups excluding tert-OH is 2. The number of para-hydroxylation sites is 1. The smallest absolute Gasteiger partial charge is 0.406 e. The molecule has 1 aromatic carbocycles. The summed E-state index contributed by atoms with van der Waals surface area (Å²) in [5.41, 5.74) is 0.0477. The molecule has 0 radical (unpaired) electrons. The van der Waals surface area contributed by atoms with Gasteiger partial charge in [-0.25, -0.2) is 0 Å². The van der Waals surface area contributed by atoms with Crippen molar-refractivity contribution in [3.8, 4) is 5.75 Å². The average Bonchev–Trinajstić information content (AvgIpc) is 2.90. The fourth-order valence-electron chi connectivity index (χ4n) is 5.62. The van der Waals surface area contributed by atoms with E-state index in [0.717, 1.165) is 12.8 Å². The van der Waals surface area contributed by atoms with Gasteiger partial charge in [-0.15, -0.1) is 0 Å². The second-order valence-electron chi connectivity index (χ2n) is 11.3. The molecule has 1 saturated carbocycles. The zero-order valence-corrected chi connectivity index (χ0v) is 25.7. The number of halogens is 4. The third-order valence-corrected chi connectivity index (χ3v) is 8.66. The highest BCUT2D eigenvalue weighted by atomic mass is 127. The SMILES string of the molecule is CC(C)[C@H]1CC[C@H](C)C[C@@H]1OCC(=O)N(CC(F)(F)F)[C@@H]1CC(C(=O)NCCO)=C[C@H](Oc2ccccc2I)[C@H]1O. The number of benzene rings is 1. The number of nitrogens with zero attached hydrogens (tertiary/aromatic N) is 1. The number of hydrogen-bond donors (Lipinski definition) is 3. The van der Waals surface area contributed by atoms with Crippen LogP contribution >= 0.6 is 22.6 Å². The van der Waals surface area contributed by atoms with E-state index < -0.39 is 49.4 Å². The highest BCUT2D eigenvalue weighted by Gasteiger charge is 2.45. The lowest BCUT2D eigenvalue weighted by Crippen LogP contribution is -2.58. The van der Waals surface area contributed by atoms with Crippen molar-refractivity contribution in [2.24, 2.45) is 17.8 Å². The highest BCUT2D eigenvalue weighted by Crippen LogP contribution is 2.36. The molecule has 1 aromatic rings. The summed E-state index contributed by atoms with van der Waals surface area (Å²) < 4.78 is 54.1. The molecule has 2 aliphatic carbocycles. The van der Waals surface area contributed by atoms with E-state index in [-0.39, 0.29) is 43.1 Å². The van der Waals surface area contributed by atoms with Crippen LogP contribution in [0.4, 0.5) is 13.2 Å². The molecule has 2 amide bonds. The standard InChI is InChI=1S/C29H40F3IN2O6/c1-17(2)20-9-8-18(3)12-24(20)40-15-26(37)35(16-29(30,31)32)22-13-19(28(39)34-10-11-36)14-25(27(22)38)41-23-7-5-4-6-21(23)33/h4-7,14,17-18,20,22,24-25,27,36,38H,8-13,15-16H2,1-3H3,(H,34,39)/t18-,20+,22+,24-,25-,27-/m0/s1. The number of amides is 2. The molecule has 0 aliphatic heterocycles. The number of aliphatic hydroxyl groups is 2. The van der Waals surface area contributed by atoms with Crippen LogP contribution < -0.4 is 10.1 Å². The van der Waals surface area contributed by atoms with Gasteiger partial charge in [-0.05, 0) is 71.4 Å². The molecule has 41 heavy (non-hydrogen) atoms. The van der Waals surface area contributed by atoms with Crippen molar-refractivity contribution in [1.82, 2.24) is 10.2 Å². The van der Waals surface area contributed by atoms with Crippen molar-refractivity contribution in [3.63, 3.8) is 0 Å². The molecule has 0 aromatic heterocycles. The molecule has 2 aliphatic rings. The van der Waals surface area contributed by atoms with E-state index in [0.29, 0.717) is 26.6 Å². The number of carbonyl (C=O) groups is 2. The first kappa shape index (κ1) is 33.6. The number of hydrogen-bond acceptors (Lipinski definition) is 6. The Kier molecular flexibility index (Phi) is 12.3. The molecule has 0 unspecified atom stereocenters. The monoisotopic (exact) mass is 696 g/mol. The van der Waals surface area contributed by atoms with Gasteiger partial charge in [-0.3, -0.25) is 9.59 Å². The van der Waals surface area contributed by atoms with E-state index in [1.807, 2.05) is 22.6 Å². The topological polar surface area (TPSA) is 108 Å². The van der Waals surface area contributed by atoms with Gasteiger partial charge in [0.25, 0.3) is 0 Å². The van der Waals surface area contributed by atoms with Gasteiger partial charge in [0.1, 0.15) is 31.1 Å². The van der Waals surface area contributed by atoms with E-state index in [4.69, 9.17) is 14.6 Å². The van der Waals surface area contributed by atoms with Gasteiger partial charge in [0.2, 0.25) is 11.8 Å². The summed E-state index contributed by atoms with van der Waals surface area (Å²) in [4.78, 5) is 26.8. The second kappa shape index (κ2) is 15.0. The van der Waals surface area contributed by atoms with Crippen molar-refractivity contribution in [2.45, 2.75) is 77.0 Å². The van der Waals surface area contributed by atoms with E-state index in [2.05, 4.69) is 26.1 Å². The minimum absolute atomic E-state index is 0.0477. The molecule has 0 bridgehead atoms. The Labute approximate surface area is 252 Å². The maximum Gasteiger partial charge on any atom is 0.406 e. The lowest BCUT2D eigenvalue weighted by molar-refractivity contribution is -0.177. The van der Waals surface area contributed by atoms with Crippen molar-refractivity contribution < 1.29 is 42.4 Å². The second-order valence-corrected chi connectivity index (χ2v) is 12.4. The van der Waals surface area contributed by atoms with Crippen LogP contribution in [0.1, 0.15) is 46.5 Å². The van der Waals surface area contributed by atoms with E-state index in [1.165, 1.54) is 6.08 Å². The maximum atomic E-state index is 13.8. The highest BCUT2D eigenvalue weighted by molar-refractivity contribution is 14.1. The molecule has 0 saturated heterocycles. The Hall–Kier alpha value is -1.90. The molecule has 0 heterocycles. The van der Waals surface area contributed by atoms with Gasteiger partial charge < -0.3 is 29.9 Å². The molecular formula is C29H40F3IN2O6. The van der Waals surface area contributed by atoms with Gasteiger partial charge >= 0.3 is 6.18 Å². The summed E-state index contributed by atoms with van der Waals surface area (Å²) in [5, 5.41) is 22.9. The Balaban J connectivity index is 1.89. The van der Waals surface area contributed by atoms with Crippen molar-refractivity contribution in [1.29, 1.82) is 0 Å². The zero-order chi connectivity index (χ0) is 30.3. The number of rotatable bonds is 11. The molecule has 6 atom stereocenters. The van der Waals surface area contributed by atoms with Crippen molar-refractivity contribution >= 4 is 34.4 Å². The Morgan fingerprint density at radius 2 is 1.93 bits per heavy atom. The van der Waals surface area contributed by atoms with Crippen molar-refractivity contribution in [3.05, 3.63) is 39.5 Å². The fraction of sp³-hybridized carbons (Fsp3) is 0.655. The third-order valence-electron chi connectivity index (χ3n) is 7.77. The van der Waals surface area contributed by atoms with Crippen LogP contribution in [0, 0.1) is 21.3 Å². The van der Waals surface area contributed by atoms with Crippen LogP contribution in [0.2, 0.25) is 0 Å².